The summed E-state index contributed by atoms with van der Waals surface area (Å²) in [6.45, 7) is 0.394. The third-order valence-corrected chi connectivity index (χ3v) is 3.26. The highest BCUT2D eigenvalue weighted by molar-refractivity contribution is 5.94. The van der Waals surface area contributed by atoms with Gasteiger partial charge in [0, 0.05) is 12.1 Å². The monoisotopic (exact) mass is 278 g/mol. The number of aliphatic hydroxyl groups is 1. The van der Waals surface area contributed by atoms with Crippen molar-refractivity contribution in [3.63, 3.8) is 0 Å². The minimum Gasteiger partial charge on any atom is -0.484 e. The largest absolute Gasteiger partial charge is 0.484 e. The molecule has 0 heterocycles. The fourth-order valence-corrected chi connectivity index (χ4v) is 2.06. The summed E-state index contributed by atoms with van der Waals surface area (Å²) < 4.78 is 5.10. The molecule has 2 amide bonds. The van der Waals surface area contributed by atoms with Gasteiger partial charge in [0.15, 0.2) is 6.61 Å². The van der Waals surface area contributed by atoms with Crippen molar-refractivity contribution in [1.82, 2.24) is 5.32 Å². The second kappa shape index (κ2) is 6.38. The van der Waals surface area contributed by atoms with Gasteiger partial charge in [-0.25, -0.2) is 0 Å². The van der Waals surface area contributed by atoms with E-state index in [-0.39, 0.29) is 18.6 Å². The van der Waals surface area contributed by atoms with Crippen molar-refractivity contribution in [1.29, 1.82) is 0 Å². The summed E-state index contributed by atoms with van der Waals surface area (Å²) in [5, 5.41) is 12.0. The molecule has 20 heavy (non-hydrogen) atoms. The number of carbonyl (C=O) groups is 2. The first-order chi connectivity index (χ1) is 9.54. The quantitative estimate of drug-likeness (QED) is 0.684. The molecule has 1 saturated carbocycles. The zero-order valence-electron chi connectivity index (χ0n) is 11.0. The van der Waals surface area contributed by atoms with Crippen LogP contribution in [0.4, 0.5) is 0 Å². The Morgan fingerprint density at radius 2 is 1.95 bits per heavy atom. The second-order valence-corrected chi connectivity index (χ2v) is 4.98. The molecule has 6 nitrogen and oxygen atoms in total. The van der Waals surface area contributed by atoms with E-state index in [2.05, 4.69) is 5.32 Å². The molecule has 1 fully saturated rings. The minimum absolute atomic E-state index is 0.159. The molecule has 1 aliphatic rings. The predicted octanol–water partition coefficient (Wildman–Crippen LogP) is 0.0514. The van der Waals surface area contributed by atoms with Gasteiger partial charge in [0.2, 0.25) is 0 Å². The molecule has 0 unspecified atom stereocenters. The fourth-order valence-electron chi connectivity index (χ4n) is 2.06. The summed E-state index contributed by atoms with van der Waals surface area (Å²) in [5.74, 6) is 0.150. The van der Waals surface area contributed by atoms with Gasteiger partial charge < -0.3 is 20.9 Å². The number of carbonyl (C=O) groups excluding carboxylic acids is 2. The van der Waals surface area contributed by atoms with E-state index in [1.807, 2.05) is 0 Å². The van der Waals surface area contributed by atoms with Crippen LogP contribution in [-0.4, -0.2) is 36.2 Å². The number of benzene rings is 1. The lowest BCUT2D eigenvalue weighted by Gasteiger charge is -2.31. The van der Waals surface area contributed by atoms with Crippen LogP contribution in [0, 0.1) is 5.92 Å². The molecule has 6 heteroatoms. The summed E-state index contributed by atoms with van der Waals surface area (Å²) in [4.78, 5) is 22.4. The molecule has 4 N–H and O–H groups in total. The van der Waals surface area contributed by atoms with Crippen molar-refractivity contribution in [3.05, 3.63) is 29.8 Å². The Kier molecular flexibility index (Phi) is 4.57. The highest BCUT2D eigenvalue weighted by Gasteiger charge is 2.27. The molecule has 1 aliphatic carbocycles. The van der Waals surface area contributed by atoms with E-state index < -0.39 is 5.91 Å². The van der Waals surface area contributed by atoms with Gasteiger partial charge in [-0.3, -0.25) is 9.59 Å². The van der Waals surface area contributed by atoms with Gasteiger partial charge >= 0.3 is 0 Å². The van der Waals surface area contributed by atoms with E-state index in [4.69, 9.17) is 15.6 Å². The van der Waals surface area contributed by atoms with Crippen molar-refractivity contribution in [2.24, 2.45) is 11.7 Å². The first kappa shape index (κ1) is 14.3. The third kappa shape index (κ3) is 3.96. The van der Waals surface area contributed by atoms with Crippen LogP contribution in [0.5, 0.6) is 5.75 Å². The molecule has 2 rings (SSSR count). The van der Waals surface area contributed by atoms with Gasteiger partial charge in [0.05, 0.1) is 6.10 Å². The van der Waals surface area contributed by atoms with Crippen LogP contribution in [-0.2, 0) is 4.79 Å². The molecule has 108 valence electrons. The number of rotatable bonds is 6. The van der Waals surface area contributed by atoms with Crippen LogP contribution in [0.3, 0.4) is 0 Å². The molecular formula is C14H18N2O4. The maximum Gasteiger partial charge on any atom is 0.255 e. The normalized spacial score (nSPS) is 20.9. The van der Waals surface area contributed by atoms with Crippen LogP contribution in [0.15, 0.2) is 24.3 Å². The average molecular weight is 278 g/mol. The first-order valence-corrected chi connectivity index (χ1v) is 6.52. The Labute approximate surface area is 116 Å². The molecular weight excluding hydrogens is 260 g/mol. The maximum atomic E-state index is 11.9. The number of nitrogens with one attached hydrogen (secondary N) is 1. The van der Waals surface area contributed by atoms with Crippen LogP contribution in [0.2, 0.25) is 0 Å². The van der Waals surface area contributed by atoms with Gasteiger partial charge in [0.25, 0.3) is 11.8 Å². The van der Waals surface area contributed by atoms with E-state index in [0.29, 0.717) is 23.8 Å². The number of aliphatic hydroxyl groups excluding tert-OH is 1. The number of hydrogen-bond acceptors (Lipinski definition) is 4. The summed E-state index contributed by atoms with van der Waals surface area (Å²) >= 11 is 0. The van der Waals surface area contributed by atoms with E-state index >= 15 is 0 Å². The summed E-state index contributed by atoms with van der Waals surface area (Å²) in [6.07, 6.45) is 1.29. The minimum atomic E-state index is -0.547. The number of amides is 2. The Bertz CT molecular complexity index is 480. The molecule has 0 aliphatic heterocycles. The molecule has 0 atom stereocenters. The molecule has 0 aromatic heterocycles. The third-order valence-electron chi connectivity index (χ3n) is 3.26. The van der Waals surface area contributed by atoms with E-state index in [1.54, 1.807) is 24.3 Å². The lowest BCUT2D eigenvalue weighted by molar-refractivity contribution is -0.119. The van der Waals surface area contributed by atoms with Crippen LogP contribution in [0.25, 0.3) is 0 Å². The van der Waals surface area contributed by atoms with Gasteiger partial charge in [-0.05, 0) is 43.0 Å². The Hall–Kier alpha value is -2.08. The van der Waals surface area contributed by atoms with Crippen molar-refractivity contribution in [2.75, 3.05) is 13.2 Å². The van der Waals surface area contributed by atoms with E-state index in [0.717, 1.165) is 12.8 Å². The maximum absolute atomic E-state index is 11.9. The molecule has 1 aromatic rings. The van der Waals surface area contributed by atoms with E-state index in [1.165, 1.54) is 0 Å². The van der Waals surface area contributed by atoms with Crippen molar-refractivity contribution < 1.29 is 19.4 Å². The van der Waals surface area contributed by atoms with Crippen LogP contribution >= 0.6 is 0 Å². The van der Waals surface area contributed by atoms with Gasteiger partial charge in [-0.1, -0.05) is 0 Å². The van der Waals surface area contributed by atoms with Gasteiger partial charge in [-0.15, -0.1) is 0 Å². The Morgan fingerprint density at radius 3 is 2.50 bits per heavy atom. The SMILES string of the molecule is NC(=O)COc1ccc(C(=O)NCC2CC(O)C2)cc1. The van der Waals surface area contributed by atoms with Gasteiger partial charge in [-0.2, -0.15) is 0 Å². The summed E-state index contributed by atoms with van der Waals surface area (Å²) in [7, 11) is 0. The number of hydrogen-bond donors (Lipinski definition) is 3. The highest BCUT2D eigenvalue weighted by Crippen LogP contribution is 2.26. The zero-order chi connectivity index (χ0) is 14.5. The highest BCUT2D eigenvalue weighted by atomic mass is 16.5. The summed E-state index contributed by atoms with van der Waals surface area (Å²) in [5.41, 5.74) is 5.49. The molecule has 0 saturated heterocycles. The standard InChI is InChI=1S/C14H18N2O4/c15-13(18)8-20-12-3-1-10(2-4-12)14(19)16-7-9-5-11(17)6-9/h1-4,9,11,17H,5-8H2,(H2,15,18)(H,16,19). The van der Waals surface area contributed by atoms with Crippen LogP contribution < -0.4 is 15.8 Å². The second-order valence-electron chi connectivity index (χ2n) is 4.98. The lowest BCUT2D eigenvalue weighted by Crippen LogP contribution is -2.38. The number of ether oxygens (including phenoxy) is 1. The smallest absolute Gasteiger partial charge is 0.255 e. The molecule has 0 radical (unpaired) electrons. The molecule has 0 bridgehead atoms. The predicted molar refractivity (Wildman–Crippen MR) is 72.2 cm³/mol. The van der Waals surface area contributed by atoms with Crippen molar-refractivity contribution >= 4 is 11.8 Å². The fraction of sp³-hybridized carbons (Fsp3) is 0.429. The van der Waals surface area contributed by atoms with Gasteiger partial charge in [0.1, 0.15) is 5.75 Å². The number of primary amides is 1. The van der Waals surface area contributed by atoms with Crippen molar-refractivity contribution in [3.8, 4) is 5.75 Å². The average Bonchev–Trinajstić information content (AvgIpc) is 2.40. The Morgan fingerprint density at radius 1 is 1.30 bits per heavy atom. The first-order valence-electron chi connectivity index (χ1n) is 6.52. The number of nitrogens with two attached hydrogens (primary N) is 1. The van der Waals surface area contributed by atoms with Crippen LogP contribution in [0.1, 0.15) is 23.2 Å². The molecule has 1 aromatic carbocycles. The summed E-state index contributed by atoms with van der Waals surface area (Å²) in [6, 6.07) is 6.48. The Balaban J connectivity index is 1.79. The lowest BCUT2D eigenvalue weighted by atomic mass is 9.82. The molecule has 0 spiro atoms. The zero-order valence-corrected chi connectivity index (χ0v) is 11.0. The van der Waals surface area contributed by atoms with E-state index in [9.17, 15) is 9.59 Å². The topological polar surface area (TPSA) is 102 Å². The van der Waals surface area contributed by atoms with Crippen molar-refractivity contribution in [2.45, 2.75) is 18.9 Å².